The van der Waals surface area contributed by atoms with Gasteiger partial charge in [0.15, 0.2) is 0 Å². The molecule has 0 radical (unpaired) electrons. The van der Waals surface area contributed by atoms with Crippen LogP contribution in [0.3, 0.4) is 0 Å². The van der Waals surface area contributed by atoms with Crippen LogP contribution in [0.4, 0.5) is 0 Å². The van der Waals surface area contributed by atoms with Gasteiger partial charge in [-0.05, 0) is 40.8 Å². The SMILES string of the molecule is O=CC1=C[C@H]2CC(c3cc(C(=O)O)ccc3-c3ccccc3)O[C@H]2C1. The van der Waals surface area contributed by atoms with Crippen LogP contribution in [-0.4, -0.2) is 23.5 Å². The predicted octanol–water partition coefficient (Wildman–Crippen LogP) is 4.03. The molecule has 2 aliphatic rings. The van der Waals surface area contributed by atoms with Crippen LogP contribution in [-0.2, 0) is 9.53 Å². The predicted molar refractivity (Wildman–Crippen MR) is 93.3 cm³/mol. The van der Waals surface area contributed by atoms with Crippen molar-refractivity contribution in [3.8, 4) is 11.1 Å². The van der Waals surface area contributed by atoms with Gasteiger partial charge in [0, 0.05) is 12.3 Å². The Morgan fingerprint density at radius 1 is 1.16 bits per heavy atom. The monoisotopic (exact) mass is 334 g/mol. The molecule has 2 aromatic carbocycles. The second kappa shape index (κ2) is 6.30. The van der Waals surface area contributed by atoms with Gasteiger partial charge in [-0.2, -0.15) is 0 Å². The summed E-state index contributed by atoms with van der Waals surface area (Å²) in [4.78, 5) is 22.4. The van der Waals surface area contributed by atoms with Crippen LogP contribution in [0, 0.1) is 5.92 Å². The van der Waals surface area contributed by atoms with Gasteiger partial charge >= 0.3 is 5.97 Å². The molecule has 1 unspecified atom stereocenters. The van der Waals surface area contributed by atoms with E-state index in [0.717, 1.165) is 35.0 Å². The first-order chi connectivity index (χ1) is 12.2. The average Bonchev–Trinajstić information content (AvgIpc) is 3.20. The van der Waals surface area contributed by atoms with Gasteiger partial charge in [-0.25, -0.2) is 4.79 Å². The van der Waals surface area contributed by atoms with Crippen LogP contribution in [0.15, 0.2) is 60.2 Å². The molecule has 1 fully saturated rings. The highest BCUT2D eigenvalue weighted by molar-refractivity contribution is 5.89. The zero-order chi connectivity index (χ0) is 17.4. The summed E-state index contributed by atoms with van der Waals surface area (Å²) in [6.45, 7) is 0. The number of carbonyl (C=O) groups excluding carboxylic acids is 1. The Balaban J connectivity index is 1.73. The van der Waals surface area contributed by atoms with Crippen LogP contribution < -0.4 is 0 Å². The molecule has 0 amide bonds. The Hall–Kier alpha value is -2.72. The van der Waals surface area contributed by atoms with E-state index in [1.807, 2.05) is 42.5 Å². The maximum atomic E-state index is 11.4. The lowest BCUT2D eigenvalue weighted by atomic mass is 9.91. The minimum absolute atomic E-state index is 0.0160. The highest BCUT2D eigenvalue weighted by Crippen LogP contribution is 2.46. The summed E-state index contributed by atoms with van der Waals surface area (Å²) in [5, 5.41) is 9.35. The van der Waals surface area contributed by atoms with Crippen molar-refractivity contribution in [2.24, 2.45) is 5.92 Å². The number of carboxylic acid groups (broad SMARTS) is 1. The van der Waals surface area contributed by atoms with Crippen molar-refractivity contribution in [3.05, 3.63) is 71.3 Å². The average molecular weight is 334 g/mol. The fraction of sp³-hybridized carbons (Fsp3) is 0.238. The van der Waals surface area contributed by atoms with Gasteiger partial charge in [0.05, 0.1) is 17.8 Å². The second-order valence-corrected chi connectivity index (χ2v) is 6.60. The first-order valence-electron chi connectivity index (χ1n) is 8.39. The third-order valence-corrected chi connectivity index (χ3v) is 5.05. The third-order valence-electron chi connectivity index (χ3n) is 5.05. The molecule has 4 nitrogen and oxygen atoms in total. The Morgan fingerprint density at radius 2 is 1.96 bits per heavy atom. The number of benzene rings is 2. The van der Waals surface area contributed by atoms with Crippen LogP contribution >= 0.6 is 0 Å². The second-order valence-electron chi connectivity index (χ2n) is 6.60. The summed E-state index contributed by atoms with van der Waals surface area (Å²) in [6.07, 6.45) is 4.17. The largest absolute Gasteiger partial charge is 0.478 e. The first kappa shape index (κ1) is 15.8. The minimum atomic E-state index is -0.942. The number of carboxylic acids is 1. The molecule has 1 N–H and O–H groups in total. The van der Waals surface area contributed by atoms with E-state index in [0.29, 0.717) is 6.42 Å². The van der Waals surface area contributed by atoms with Crippen molar-refractivity contribution in [2.75, 3.05) is 0 Å². The van der Waals surface area contributed by atoms with E-state index >= 15 is 0 Å². The van der Waals surface area contributed by atoms with Crippen LogP contribution in [0.5, 0.6) is 0 Å². The van der Waals surface area contributed by atoms with Crippen molar-refractivity contribution in [3.63, 3.8) is 0 Å². The smallest absolute Gasteiger partial charge is 0.335 e. The number of aldehydes is 1. The van der Waals surface area contributed by atoms with Crippen LogP contribution in [0.25, 0.3) is 11.1 Å². The summed E-state index contributed by atoms with van der Waals surface area (Å²) < 4.78 is 6.20. The van der Waals surface area contributed by atoms with Crippen LogP contribution in [0.1, 0.15) is 34.9 Å². The fourth-order valence-corrected chi connectivity index (χ4v) is 3.85. The summed E-state index contributed by atoms with van der Waals surface area (Å²) in [7, 11) is 0. The summed E-state index contributed by atoms with van der Waals surface area (Å²) >= 11 is 0. The number of fused-ring (bicyclic) bond motifs is 1. The highest BCUT2D eigenvalue weighted by atomic mass is 16.5. The molecule has 1 saturated heterocycles. The summed E-state index contributed by atoms with van der Waals surface area (Å²) in [5.74, 6) is -0.718. The van der Waals surface area contributed by atoms with Gasteiger partial charge in [0.2, 0.25) is 0 Å². The normalized spacial score (nSPS) is 24.6. The van der Waals surface area contributed by atoms with E-state index in [4.69, 9.17) is 4.74 Å². The maximum Gasteiger partial charge on any atom is 0.335 e. The van der Waals surface area contributed by atoms with E-state index in [1.54, 1.807) is 12.1 Å². The molecule has 1 aliphatic heterocycles. The minimum Gasteiger partial charge on any atom is -0.478 e. The molecule has 3 atom stereocenters. The number of hydrogen-bond acceptors (Lipinski definition) is 3. The lowest BCUT2D eigenvalue weighted by molar-refractivity contribution is -0.105. The number of hydrogen-bond donors (Lipinski definition) is 1. The molecule has 0 saturated carbocycles. The van der Waals surface area contributed by atoms with E-state index in [2.05, 4.69) is 0 Å². The van der Waals surface area contributed by atoms with Crippen LogP contribution in [0.2, 0.25) is 0 Å². The molecule has 4 rings (SSSR count). The van der Waals surface area contributed by atoms with E-state index in [1.165, 1.54) is 0 Å². The number of ether oxygens (including phenoxy) is 1. The molecule has 0 bridgehead atoms. The topological polar surface area (TPSA) is 63.6 Å². The van der Waals surface area contributed by atoms with Crippen molar-refractivity contribution in [2.45, 2.75) is 25.0 Å². The van der Waals surface area contributed by atoms with Crippen molar-refractivity contribution in [1.82, 2.24) is 0 Å². The molecule has 1 aliphatic carbocycles. The van der Waals surface area contributed by atoms with Gasteiger partial charge in [-0.1, -0.05) is 42.5 Å². The van der Waals surface area contributed by atoms with Crippen molar-refractivity contribution < 1.29 is 19.4 Å². The molecule has 1 heterocycles. The van der Waals surface area contributed by atoms with Gasteiger partial charge < -0.3 is 9.84 Å². The summed E-state index contributed by atoms with van der Waals surface area (Å²) in [6, 6.07) is 15.1. The molecule has 25 heavy (non-hydrogen) atoms. The Morgan fingerprint density at radius 3 is 2.64 bits per heavy atom. The standard InChI is InChI=1S/C21H18O4/c22-12-13-8-16-11-20(25-19(16)9-13)18-10-15(21(23)24)6-7-17(18)14-4-2-1-3-5-14/h1-8,10,12,16,19-20H,9,11H2,(H,23,24)/t16-,19-,20?/m0/s1. The van der Waals surface area contributed by atoms with E-state index in [-0.39, 0.29) is 23.7 Å². The lowest BCUT2D eigenvalue weighted by Crippen LogP contribution is -2.09. The molecule has 2 aromatic rings. The zero-order valence-corrected chi connectivity index (χ0v) is 13.6. The zero-order valence-electron chi connectivity index (χ0n) is 13.6. The maximum absolute atomic E-state index is 11.4. The molecule has 126 valence electrons. The van der Waals surface area contributed by atoms with Gasteiger partial charge in [0.25, 0.3) is 0 Å². The number of carbonyl (C=O) groups is 2. The molecular weight excluding hydrogens is 316 g/mol. The van der Waals surface area contributed by atoms with Gasteiger partial charge in [0.1, 0.15) is 6.29 Å². The fourth-order valence-electron chi connectivity index (χ4n) is 3.85. The summed E-state index contributed by atoms with van der Waals surface area (Å²) in [5.41, 5.74) is 4.01. The molecule has 0 aromatic heterocycles. The molecular formula is C21H18O4. The lowest BCUT2D eigenvalue weighted by Gasteiger charge is -2.18. The third kappa shape index (κ3) is 2.89. The van der Waals surface area contributed by atoms with E-state index in [9.17, 15) is 14.7 Å². The number of aromatic carboxylic acids is 1. The highest BCUT2D eigenvalue weighted by Gasteiger charge is 2.39. The number of rotatable bonds is 4. The Kier molecular flexibility index (Phi) is 3.98. The first-order valence-corrected chi connectivity index (χ1v) is 8.39. The Labute approximate surface area is 145 Å². The molecule has 4 heteroatoms. The van der Waals surface area contributed by atoms with Crippen molar-refractivity contribution >= 4 is 12.3 Å². The van der Waals surface area contributed by atoms with Gasteiger partial charge in [-0.15, -0.1) is 0 Å². The van der Waals surface area contributed by atoms with E-state index < -0.39 is 5.97 Å². The quantitative estimate of drug-likeness (QED) is 0.858. The molecule has 0 spiro atoms. The van der Waals surface area contributed by atoms with Gasteiger partial charge in [-0.3, -0.25) is 4.79 Å². The Bertz CT molecular complexity index is 853. The van der Waals surface area contributed by atoms with Crippen molar-refractivity contribution in [1.29, 1.82) is 0 Å².